The van der Waals surface area contributed by atoms with Gasteiger partial charge in [-0.1, -0.05) is 24.3 Å². The number of nitrogens with two attached hydrogens (primary N) is 1. The number of nitrogens with one attached hydrogen (secondary N) is 1. The fraction of sp³-hybridized carbons (Fsp3) is 0.0455. The summed E-state index contributed by atoms with van der Waals surface area (Å²) in [5, 5.41) is 0.0453. The Morgan fingerprint density at radius 3 is 2.07 bits per heavy atom. The summed E-state index contributed by atoms with van der Waals surface area (Å²) in [5.41, 5.74) is 4.53. The second-order valence-electron chi connectivity index (χ2n) is 7.05. The number of carbonyl (C=O) groups is 2. The summed E-state index contributed by atoms with van der Waals surface area (Å²) in [7, 11) is 0. The quantitative estimate of drug-likeness (QED) is 0.299. The molecular weight excluding hydrogens is 397 g/mol. The number of aromatic amines is 1. The fourth-order valence-corrected chi connectivity index (χ4v) is 3.93. The van der Waals surface area contributed by atoms with Crippen molar-refractivity contribution in [3.8, 4) is 0 Å². The summed E-state index contributed by atoms with van der Waals surface area (Å²) in [6.45, 7) is 0. The average molecular weight is 408 g/mol. The Labute approximate surface area is 165 Å². The molecule has 0 aliphatic heterocycles. The lowest BCUT2D eigenvalue weighted by Crippen LogP contribution is -2.24. The number of ketones is 2. The van der Waals surface area contributed by atoms with E-state index in [2.05, 4.69) is 4.98 Å². The minimum atomic E-state index is -4.61. The van der Waals surface area contributed by atoms with E-state index in [0.717, 1.165) is 18.2 Å². The molecule has 4 aromatic rings. The van der Waals surface area contributed by atoms with E-state index in [9.17, 15) is 27.6 Å². The van der Waals surface area contributed by atoms with Crippen LogP contribution >= 0.6 is 0 Å². The lowest BCUT2D eigenvalue weighted by molar-refractivity contribution is -0.137. The molecule has 1 aromatic heterocycles. The molecule has 3 N–H and O–H groups in total. The highest BCUT2D eigenvalue weighted by Crippen LogP contribution is 2.36. The van der Waals surface area contributed by atoms with Gasteiger partial charge in [0.15, 0.2) is 17.0 Å². The van der Waals surface area contributed by atoms with Crippen molar-refractivity contribution in [1.82, 2.24) is 4.98 Å². The maximum absolute atomic E-state index is 13.2. The van der Waals surface area contributed by atoms with E-state index in [1.807, 2.05) is 0 Å². The highest BCUT2D eigenvalue weighted by atomic mass is 19.4. The smallest absolute Gasteiger partial charge is 0.398 e. The van der Waals surface area contributed by atoms with Gasteiger partial charge in [-0.05, 0) is 24.3 Å². The Morgan fingerprint density at radius 2 is 1.43 bits per heavy atom. The molecule has 5 rings (SSSR count). The zero-order chi connectivity index (χ0) is 21.4. The number of fused-ring (bicyclic) bond motifs is 5. The summed E-state index contributed by atoms with van der Waals surface area (Å²) in [6.07, 6.45) is -4.61. The molecule has 8 heteroatoms. The van der Waals surface area contributed by atoms with Gasteiger partial charge in [-0.3, -0.25) is 14.4 Å². The number of H-pyrrole nitrogens is 1. The Balaban J connectivity index is 1.93. The van der Waals surface area contributed by atoms with Crippen molar-refractivity contribution in [2.24, 2.45) is 0 Å². The molecule has 0 fully saturated rings. The van der Waals surface area contributed by atoms with Crippen molar-refractivity contribution < 1.29 is 22.8 Å². The van der Waals surface area contributed by atoms with Crippen LogP contribution in [0.5, 0.6) is 0 Å². The molecule has 148 valence electrons. The van der Waals surface area contributed by atoms with Gasteiger partial charge in [-0.2, -0.15) is 13.2 Å². The molecular formula is C22H11F3N2O3. The molecule has 1 heterocycles. The fourth-order valence-electron chi connectivity index (χ4n) is 3.93. The summed E-state index contributed by atoms with van der Waals surface area (Å²) in [6, 6.07) is 10.2. The number of aromatic nitrogens is 1. The van der Waals surface area contributed by atoms with E-state index < -0.39 is 28.7 Å². The van der Waals surface area contributed by atoms with Crippen LogP contribution in [-0.2, 0) is 6.18 Å². The maximum atomic E-state index is 13.2. The van der Waals surface area contributed by atoms with E-state index in [0.29, 0.717) is 0 Å². The molecule has 0 atom stereocenters. The van der Waals surface area contributed by atoms with Crippen molar-refractivity contribution in [2.45, 2.75) is 6.18 Å². The van der Waals surface area contributed by atoms with Gasteiger partial charge >= 0.3 is 6.18 Å². The average Bonchev–Trinajstić information content (AvgIpc) is 2.71. The molecule has 0 radical (unpaired) electrons. The number of anilines is 1. The van der Waals surface area contributed by atoms with Crippen molar-refractivity contribution >= 4 is 39.1 Å². The van der Waals surface area contributed by atoms with Gasteiger partial charge < -0.3 is 10.7 Å². The summed E-state index contributed by atoms with van der Waals surface area (Å²) < 4.78 is 39.4. The van der Waals surface area contributed by atoms with Crippen LogP contribution in [0.2, 0.25) is 0 Å². The van der Waals surface area contributed by atoms with Crippen molar-refractivity contribution in [2.75, 3.05) is 5.73 Å². The zero-order valence-electron chi connectivity index (χ0n) is 15.1. The Morgan fingerprint density at radius 1 is 0.800 bits per heavy atom. The third-order valence-corrected chi connectivity index (χ3v) is 5.32. The first-order valence-corrected chi connectivity index (χ1v) is 8.86. The van der Waals surface area contributed by atoms with Crippen molar-refractivity contribution in [3.63, 3.8) is 0 Å². The van der Waals surface area contributed by atoms with E-state index >= 15 is 0 Å². The molecule has 3 aromatic carbocycles. The minimum Gasteiger partial charge on any atom is -0.398 e. The van der Waals surface area contributed by atoms with Crippen LogP contribution in [0.25, 0.3) is 21.8 Å². The second kappa shape index (κ2) is 5.79. The van der Waals surface area contributed by atoms with Crippen LogP contribution in [0.1, 0.15) is 37.4 Å². The molecule has 30 heavy (non-hydrogen) atoms. The predicted octanol–water partition coefficient (Wildman–Crippen LogP) is 4.06. The first-order valence-electron chi connectivity index (χ1n) is 8.86. The Kier molecular flexibility index (Phi) is 3.49. The van der Waals surface area contributed by atoms with E-state index in [-0.39, 0.29) is 49.7 Å². The number of hydrogen-bond donors (Lipinski definition) is 2. The van der Waals surface area contributed by atoms with Gasteiger partial charge in [0, 0.05) is 27.6 Å². The molecule has 0 unspecified atom stereocenters. The minimum absolute atomic E-state index is 0.0103. The Hall–Kier alpha value is -3.94. The SMILES string of the molecule is Nc1cc2c(=O)c3ccc(C(F)(F)F)cc3[nH]c2c2c1C(=O)c1ccccc1C2=O. The number of benzene rings is 3. The largest absolute Gasteiger partial charge is 0.416 e. The number of carbonyl (C=O) groups excluding carboxylic acids is 2. The lowest BCUT2D eigenvalue weighted by atomic mass is 9.82. The van der Waals surface area contributed by atoms with Crippen molar-refractivity contribution in [1.29, 1.82) is 0 Å². The maximum Gasteiger partial charge on any atom is 0.416 e. The normalized spacial score (nSPS) is 13.6. The van der Waals surface area contributed by atoms with Gasteiger partial charge in [0.05, 0.1) is 27.7 Å². The lowest BCUT2D eigenvalue weighted by Gasteiger charge is -2.21. The third kappa shape index (κ3) is 2.33. The predicted molar refractivity (Wildman–Crippen MR) is 105 cm³/mol. The van der Waals surface area contributed by atoms with Gasteiger partial charge in [0.2, 0.25) is 0 Å². The number of pyridine rings is 1. The molecule has 0 amide bonds. The van der Waals surface area contributed by atoms with Crippen LogP contribution in [0.4, 0.5) is 18.9 Å². The van der Waals surface area contributed by atoms with E-state index in [1.165, 1.54) is 18.2 Å². The number of halogens is 3. The topological polar surface area (TPSA) is 93.0 Å². The number of nitrogen functional groups attached to an aromatic ring is 1. The first-order chi connectivity index (χ1) is 14.2. The summed E-state index contributed by atoms with van der Waals surface area (Å²) >= 11 is 0. The summed E-state index contributed by atoms with van der Waals surface area (Å²) in [5.74, 6) is -1.01. The molecule has 0 saturated carbocycles. The first kappa shape index (κ1) is 18.1. The van der Waals surface area contributed by atoms with Crippen LogP contribution < -0.4 is 11.2 Å². The number of rotatable bonds is 0. The standard InChI is InChI=1S/C22H11F3N2O3/c23-22(24,25)9-5-6-12-15(7-9)27-18-13(19(12)28)8-14(26)16-17(18)21(30)11-4-2-1-3-10(11)20(16)29/h1-8H,26H2,(H,27,28). The van der Waals surface area contributed by atoms with Crippen LogP contribution in [0, 0.1) is 0 Å². The van der Waals surface area contributed by atoms with Gasteiger partial charge in [0.1, 0.15) is 0 Å². The number of hydrogen-bond acceptors (Lipinski definition) is 4. The molecule has 0 spiro atoms. The molecule has 1 aliphatic carbocycles. The van der Waals surface area contributed by atoms with Gasteiger partial charge in [-0.25, -0.2) is 0 Å². The molecule has 5 nitrogen and oxygen atoms in total. The Bertz CT molecular complexity index is 1500. The van der Waals surface area contributed by atoms with Gasteiger partial charge in [0.25, 0.3) is 0 Å². The van der Waals surface area contributed by atoms with Crippen LogP contribution in [-0.4, -0.2) is 16.6 Å². The van der Waals surface area contributed by atoms with Crippen LogP contribution in [0.15, 0.2) is 53.3 Å². The van der Waals surface area contributed by atoms with Crippen LogP contribution in [0.3, 0.4) is 0 Å². The third-order valence-electron chi connectivity index (χ3n) is 5.32. The van der Waals surface area contributed by atoms with E-state index in [1.54, 1.807) is 12.1 Å². The van der Waals surface area contributed by atoms with E-state index in [4.69, 9.17) is 5.73 Å². The number of alkyl halides is 3. The zero-order valence-corrected chi connectivity index (χ0v) is 15.1. The molecule has 0 bridgehead atoms. The highest BCUT2D eigenvalue weighted by Gasteiger charge is 2.34. The molecule has 0 saturated heterocycles. The van der Waals surface area contributed by atoms with Crippen molar-refractivity contribution in [3.05, 3.63) is 86.6 Å². The second-order valence-corrected chi connectivity index (χ2v) is 7.05. The molecule has 1 aliphatic rings. The summed E-state index contributed by atoms with van der Waals surface area (Å²) in [4.78, 5) is 41.9. The highest BCUT2D eigenvalue weighted by molar-refractivity contribution is 6.33. The van der Waals surface area contributed by atoms with Gasteiger partial charge in [-0.15, -0.1) is 0 Å². The monoisotopic (exact) mass is 408 g/mol.